The van der Waals surface area contributed by atoms with Gasteiger partial charge in [0, 0.05) is 36.6 Å². The number of rotatable bonds is 3. The van der Waals surface area contributed by atoms with Gasteiger partial charge >= 0.3 is 0 Å². The summed E-state index contributed by atoms with van der Waals surface area (Å²) < 4.78 is 19.3. The first-order valence-electron chi connectivity index (χ1n) is 7.79. The van der Waals surface area contributed by atoms with Gasteiger partial charge in [-0.05, 0) is 42.5 Å². The highest BCUT2D eigenvalue weighted by atomic mass is 35.5. The number of piperidine rings is 1. The van der Waals surface area contributed by atoms with E-state index < -0.39 is 5.82 Å². The first-order chi connectivity index (χ1) is 11.5. The van der Waals surface area contributed by atoms with Crippen molar-refractivity contribution in [3.05, 3.63) is 58.9 Å². The maximum absolute atomic E-state index is 13.4. The van der Waals surface area contributed by atoms with Crippen LogP contribution in [-0.2, 0) is 0 Å². The number of halogens is 2. The molecule has 1 aliphatic heterocycles. The number of likely N-dealkylation sites (tertiary alicyclic amines) is 1. The Morgan fingerprint density at radius 2 is 1.83 bits per heavy atom. The second-order valence-electron chi connectivity index (χ2n) is 5.79. The molecule has 0 aliphatic carbocycles. The van der Waals surface area contributed by atoms with E-state index in [2.05, 4.69) is 0 Å². The van der Waals surface area contributed by atoms with Crippen molar-refractivity contribution in [3.8, 4) is 5.75 Å². The van der Waals surface area contributed by atoms with E-state index in [0.29, 0.717) is 36.6 Å². The molecule has 0 saturated carbocycles. The van der Waals surface area contributed by atoms with Gasteiger partial charge in [0.15, 0.2) is 0 Å². The highest BCUT2D eigenvalue weighted by Gasteiger charge is 2.26. The molecule has 1 heterocycles. The molecular formula is C18H18ClFN2O2. The number of hydrogen-bond donors (Lipinski definition) is 1. The van der Waals surface area contributed by atoms with Crippen LogP contribution in [-0.4, -0.2) is 30.0 Å². The highest BCUT2D eigenvalue weighted by Crippen LogP contribution is 2.23. The maximum atomic E-state index is 13.4. The zero-order valence-corrected chi connectivity index (χ0v) is 13.8. The molecule has 1 aliphatic rings. The summed E-state index contributed by atoms with van der Waals surface area (Å²) in [6.07, 6.45) is 1.47. The predicted molar refractivity (Wildman–Crippen MR) is 91.8 cm³/mol. The van der Waals surface area contributed by atoms with Gasteiger partial charge in [-0.1, -0.05) is 11.6 Å². The molecule has 1 amide bonds. The first kappa shape index (κ1) is 16.6. The van der Waals surface area contributed by atoms with Crippen LogP contribution < -0.4 is 10.5 Å². The van der Waals surface area contributed by atoms with E-state index in [1.54, 1.807) is 17.0 Å². The van der Waals surface area contributed by atoms with E-state index in [1.165, 1.54) is 18.2 Å². The van der Waals surface area contributed by atoms with Gasteiger partial charge in [-0.2, -0.15) is 0 Å². The third-order valence-electron chi connectivity index (χ3n) is 4.09. The van der Waals surface area contributed by atoms with Crippen molar-refractivity contribution in [3.63, 3.8) is 0 Å². The summed E-state index contributed by atoms with van der Waals surface area (Å²) in [4.78, 5) is 14.2. The van der Waals surface area contributed by atoms with Gasteiger partial charge < -0.3 is 15.4 Å². The number of hydrogen-bond acceptors (Lipinski definition) is 3. The van der Waals surface area contributed by atoms with E-state index in [9.17, 15) is 9.18 Å². The fourth-order valence-electron chi connectivity index (χ4n) is 2.77. The second-order valence-corrected chi connectivity index (χ2v) is 6.23. The van der Waals surface area contributed by atoms with Crippen molar-refractivity contribution in [2.75, 3.05) is 18.8 Å². The molecule has 1 fully saturated rings. The molecule has 126 valence electrons. The highest BCUT2D eigenvalue weighted by molar-refractivity contribution is 6.30. The van der Waals surface area contributed by atoms with Crippen molar-refractivity contribution >= 4 is 23.2 Å². The standard InChI is InChI=1S/C18H18ClFN2O2/c19-12-1-4-14(5-2-12)24-15-7-9-22(10-8-15)18(23)16-11-13(20)3-6-17(16)21/h1-6,11,15H,7-10,21H2. The number of nitrogen functional groups attached to an aromatic ring is 1. The van der Waals surface area contributed by atoms with Gasteiger partial charge in [-0.3, -0.25) is 4.79 Å². The fraction of sp³-hybridized carbons (Fsp3) is 0.278. The SMILES string of the molecule is Nc1ccc(F)cc1C(=O)N1CCC(Oc2ccc(Cl)cc2)CC1. The van der Waals surface area contributed by atoms with E-state index >= 15 is 0 Å². The predicted octanol–water partition coefficient (Wildman–Crippen LogP) is 3.74. The summed E-state index contributed by atoms with van der Waals surface area (Å²) in [7, 11) is 0. The molecule has 3 rings (SSSR count). The largest absolute Gasteiger partial charge is 0.490 e. The molecule has 24 heavy (non-hydrogen) atoms. The number of ether oxygens (including phenoxy) is 1. The second kappa shape index (κ2) is 7.09. The van der Waals surface area contributed by atoms with Crippen molar-refractivity contribution in [1.82, 2.24) is 4.90 Å². The van der Waals surface area contributed by atoms with Crippen LogP contribution in [0.3, 0.4) is 0 Å². The van der Waals surface area contributed by atoms with Gasteiger partial charge in [0.25, 0.3) is 5.91 Å². The lowest BCUT2D eigenvalue weighted by Crippen LogP contribution is -2.42. The Labute approximate surface area is 145 Å². The molecule has 4 nitrogen and oxygen atoms in total. The van der Waals surface area contributed by atoms with Gasteiger partial charge in [0.1, 0.15) is 17.7 Å². The van der Waals surface area contributed by atoms with Crippen LogP contribution in [0, 0.1) is 5.82 Å². The number of carbonyl (C=O) groups excluding carboxylic acids is 1. The van der Waals surface area contributed by atoms with Crippen LogP contribution in [0.2, 0.25) is 5.02 Å². The molecule has 2 aromatic carbocycles. The summed E-state index contributed by atoms with van der Waals surface area (Å²) in [5.74, 6) is 0.0593. The molecule has 0 aromatic heterocycles. The average molecular weight is 349 g/mol. The third kappa shape index (κ3) is 3.79. The van der Waals surface area contributed by atoms with Crippen LogP contribution >= 0.6 is 11.6 Å². The minimum Gasteiger partial charge on any atom is -0.490 e. The first-order valence-corrected chi connectivity index (χ1v) is 8.17. The minimum atomic E-state index is -0.464. The molecular weight excluding hydrogens is 331 g/mol. The molecule has 0 radical (unpaired) electrons. The summed E-state index contributed by atoms with van der Waals surface area (Å²) >= 11 is 5.85. The minimum absolute atomic E-state index is 0.0417. The van der Waals surface area contributed by atoms with Crippen LogP contribution in [0.15, 0.2) is 42.5 Å². The van der Waals surface area contributed by atoms with E-state index in [4.69, 9.17) is 22.1 Å². The number of anilines is 1. The van der Waals surface area contributed by atoms with Gasteiger partial charge in [0.05, 0.1) is 5.56 Å². The summed E-state index contributed by atoms with van der Waals surface area (Å²) in [5, 5.41) is 0.662. The molecule has 0 atom stereocenters. The Morgan fingerprint density at radius 3 is 2.50 bits per heavy atom. The number of amides is 1. The zero-order valence-electron chi connectivity index (χ0n) is 13.0. The Kier molecular flexibility index (Phi) is 4.90. The maximum Gasteiger partial charge on any atom is 0.256 e. The molecule has 2 N–H and O–H groups in total. The molecule has 0 unspecified atom stereocenters. The Bertz CT molecular complexity index is 728. The number of carbonyl (C=O) groups is 1. The lowest BCUT2D eigenvalue weighted by Gasteiger charge is -2.32. The Hall–Kier alpha value is -2.27. The lowest BCUT2D eigenvalue weighted by atomic mass is 10.1. The van der Waals surface area contributed by atoms with Gasteiger partial charge in [-0.25, -0.2) is 4.39 Å². The summed E-state index contributed by atoms with van der Waals surface area (Å²) in [5.41, 5.74) is 6.30. The lowest BCUT2D eigenvalue weighted by molar-refractivity contribution is 0.0596. The van der Waals surface area contributed by atoms with Crippen molar-refractivity contribution in [2.45, 2.75) is 18.9 Å². The topological polar surface area (TPSA) is 55.6 Å². The van der Waals surface area contributed by atoms with Crippen LogP contribution in [0.25, 0.3) is 0 Å². The molecule has 2 aromatic rings. The van der Waals surface area contributed by atoms with Gasteiger partial charge in [0.2, 0.25) is 0 Å². The smallest absolute Gasteiger partial charge is 0.256 e. The molecule has 0 spiro atoms. The van der Waals surface area contributed by atoms with Crippen LogP contribution in [0.4, 0.5) is 10.1 Å². The zero-order chi connectivity index (χ0) is 17.1. The summed E-state index contributed by atoms with van der Waals surface area (Å²) in [6, 6.07) is 11.1. The monoisotopic (exact) mass is 348 g/mol. The van der Waals surface area contributed by atoms with Crippen molar-refractivity contribution < 1.29 is 13.9 Å². The van der Waals surface area contributed by atoms with Crippen LogP contribution in [0.1, 0.15) is 23.2 Å². The number of benzene rings is 2. The van der Waals surface area contributed by atoms with Crippen molar-refractivity contribution in [1.29, 1.82) is 0 Å². The Balaban J connectivity index is 1.59. The number of nitrogens with two attached hydrogens (primary N) is 1. The summed E-state index contributed by atoms with van der Waals surface area (Å²) in [6.45, 7) is 1.10. The third-order valence-corrected chi connectivity index (χ3v) is 4.34. The molecule has 1 saturated heterocycles. The van der Waals surface area contributed by atoms with E-state index in [1.807, 2.05) is 12.1 Å². The average Bonchev–Trinajstić information content (AvgIpc) is 2.59. The molecule has 6 heteroatoms. The van der Waals surface area contributed by atoms with E-state index in [0.717, 1.165) is 5.75 Å². The normalized spacial score (nSPS) is 15.3. The van der Waals surface area contributed by atoms with Gasteiger partial charge in [-0.15, -0.1) is 0 Å². The quantitative estimate of drug-likeness (QED) is 0.859. The Morgan fingerprint density at radius 1 is 1.17 bits per heavy atom. The fourth-order valence-corrected chi connectivity index (χ4v) is 2.89. The molecule has 0 bridgehead atoms. The number of nitrogens with zero attached hydrogens (tertiary/aromatic N) is 1. The van der Waals surface area contributed by atoms with Crippen LogP contribution in [0.5, 0.6) is 5.75 Å². The van der Waals surface area contributed by atoms with Crippen molar-refractivity contribution in [2.24, 2.45) is 0 Å². The van der Waals surface area contributed by atoms with E-state index in [-0.39, 0.29) is 17.6 Å².